The SMILES string of the molecule is CSCCn1c(=NC(=O)c2ccc(C)cc2)sc2cc(S(C)(=O)=O)ccc21. The second kappa shape index (κ2) is 8.00. The monoisotopic (exact) mass is 420 g/mol. The quantitative estimate of drug-likeness (QED) is 0.633. The Balaban J connectivity index is 2.14. The van der Waals surface area contributed by atoms with Gasteiger partial charge in [0.1, 0.15) is 0 Å². The van der Waals surface area contributed by atoms with E-state index in [4.69, 9.17) is 0 Å². The molecule has 142 valence electrons. The van der Waals surface area contributed by atoms with Crippen LogP contribution < -0.4 is 4.80 Å². The van der Waals surface area contributed by atoms with E-state index in [9.17, 15) is 13.2 Å². The third-order valence-electron chi connectivity index (χ3n) is 4.10. The molecule has 0 saturated heterocycles. The first-order valence-electron chi connectivity index (χ1n) is 8.28. The van der Waals surface area contributed by atoms with Crippen LogP contribution in [-0.2, 0) is 16.4 Å². The summed E-state index contributed by atoms with van der Waals surface area (Å²) in [7, 11) is -3.29. The fraction of sp³-hybridized carbons (Fsp3) is 0.263. The van der Waals surface area contributed by atoms with Crippen molar-refractivity contribution in [3.63, 3.8) is 0 Å². The summed E-state index contributed by atoms with van der Waals surface area (Å²) in [5.74, 6) is 0.564. The van der Waals surface area contributed by atoms with E-state index in [1.807, 2.05) is 29.9 Å². The molecule has 27 heavy (non-hydrogen) atoms. The van der Waals surface area contributed by atoms with Crippen LogP contribution in [0.2, 0.25) is 0 Å². The van der Waals surface area contributed by atoms with Gasteiger partial charge in [-0.3, -0.25) is 4.79 Å². The predicted octanol–water partition coefficient (Wildman–Crippen LogP) is 3.52. The van der Waals surface area contributed by atoms with Gasteiger partial charge in [0.2, 0.25) is 0 Å². The summed E-state index contributed by atoms with van der Waals surface area (Å²) in [6.07, 6.45) is 3.21. The molecule has 1 heterocycles. The van der Waals surface area contributed by atoms with Crippen molar-refractivity contribution in [2.45, 2.75) is 18.4 Å². The molecule has 0 saturated carbocycles. The number of rotatable bonds is 5. The average Bonchev–Trinajstić information content (AvgIpc) is 2.96. The topological polar surface area (TPSA) is 68.5 Å². The first-order valence-corrected chi connectivity index (χ1v) is 12.4. The number of hydrogen-bond donors (Lipinski definition) is 0. The summed E-state index contributed by atoms with van der Waals surface area (Å²) in [5.41, 5.74) is 2.50. The number of carbonyl (C=O) groups excluding carboxylic acids is 1. The Morgan fingerprint density at radius 2 is 1.89 bits per heavy atom. The van der Waals surface area contributed by atoms with Crippen LogP contribution in [0.3, 0.4) is 0 Å². The Kier molecular flexibility index (Phi) is 5.88. The number of thiazole rings is 1. The van der Waals surface area contributed by atoms with Crippen molar-refractivity contribution in [2.24, 2.45) is 4.99 Å². The number of nitrogens with zero attached hydrogens (tertiary/aromatic N) is 2. The summed E-state index contributed by atoms with van der Waals surface area (Å²) >= 11 is 3.04. The number of fused-ring (bicyclic) bond motifs is 1. The van der Waals surface area contributed by atoms with E-state index < -0.39 is 9.84 Å². The molecule has 0 aliphatic carbocycles. The molecule has 0 bridgehead atoms. The van der Waals surface area contributed by atoms with Crippen molar-refractivity contribution in [3.05, 3.63) is 58.4 Å². The number of sulfone groups is 1. The normalized spacial score (nSPS) is 12.6. The second-order valence-corrected chi connectivity index (χ2v) is 10.2. The lowest BCUT2D eigenvalue weighted by Crippen LogP contribution is -2.18. The maximum absolute atomic E-state index is 12.6. The van der Waals surface area contributed by atoms with Crippen molar-refractivity contribution in [1.82, 2.24) is 4.57 Å². The number of aryl methyl sites for hydroxylation is 2. The Hall–Kier alpha value is -1.90. The fourth-order valence-electron chi connectivity index (χ4n) is 2.62. The summed E-state index contributed by atoms with van der Waals surface area (Å²) in [6, 6.07) is 12.3. The lowest BCUT2D eigenvalue weighted by molar-refractivity contribution is 0.0998. The summed E-state index contributed by atoms with van der Waals surface area (Å²) in [6.45, 7) is 2.66. The molecule has 0 radical (unpaired) electrons. The molecule has 3 aromatic rings. The van der Waals surface area contributed by atoms with Gasteiger partial charge in [-0.25, -0.2) is 8.42 Å². The van der Waals surface area contributed by atoms with Gasteiger partial charge in [-0.05, 0) is 43.5 Å². The van der Waals surface area contributed by atoms with Crippen molar-refractivity contribution in [1.29, 1.82) is 0 Å². The van der Waals surface area contributed by atoms with Gasteiger partial charge in [-0.2, -0.15) is 16.8 Å². The molecule has 0 aliphatic heterocycles. The molecular weight excluding hydrogens is 400 g/mol. The van der Waals surface area contributed by atoms with Crippen molar-refractivity contribution >= 4 is 49.1 Å². The predicted molar refractivity (Wildman–Crippen MR) is 112 cm³/mol. The molecule has 0 spiro atoms. The van der Waals surface area contributed by atoms with Gasteiger partial charge < -0.3 is 4.57 Å². The highest BCUT2D eigenvalue weighted by Gasteiger charge is 2.13. The molecular formula is C19H20N2O3S3. The zero-order valence-corrected chi connectivity index (χ0v) is 17.7. The highest BCUT2D eigenvalue weighted by molar-refractivity contribution is 7.98. The van der Waals surface area contributed by atoms with Crippen LogP contribution in [0.15, 0.2) is 52.4 Å². The van der Waals surface area contributed by atoms with Crippen LogP contribution >= 0.6 is 23.1 Å². The number of amides is 1. The lowest BCUT2D eigenvalue weighted by Gasteiger charge is -2.04. The summed E-state index contributed by atoms with van der Waals surface area (Å²) < 4.78 is 26.5. The Morgan fingerprint density at radius 3 is 2.52 bits per heavy atom. The van der Waals surface area contributed by atoms with Gasteiger partial charge in [-0.15, -0.1) is 0 Å². The highest BCUT2D eigenvalue weighted by atomic mass is 32.2. The lowest BCUT2D eigenvalue weighted by atomic mass is 10.1. The number of hydrogen-bond acceptors (Lipinski definition) is 5. The summed E-state index contributed by atoms with van der Waals surface area (Å²) in [4.78, 5) is 17.8. The molecule has 0 fully saturated rings. The van der Waals surface area contributed by atoms with E-state index in [1.54, 1.807) is 42.1 Å². The minimum Gasteiger partial charge on any atom is -0.316 e. The third-order valence-corrected chi connectivity index (χ3v) is 6.84. The van der Waals surface area contributed by atoms with Gasteiger partial charge in [0.15, 0.2) is 14.6 Å². The van der Waals surface area contributed by atoms with Gasteiger partial charge in [0.05, 0.1) is 15.1 Å². The third kappa shape index (κ3) is 4.51. The van der Waals surface area contributed by atoms with Crippen LogP contribution in [0.25, 0.3) is 10.2 Å². The molecule has 3 rings (SSSR count). The average molecular weight is 421 g/mol. The van der Waals surface area contributed by atoms with Crippen molar-refractivity contribution < 1.29 is 13.2 Å². The zero-order valence-electron chi connectivity index (χ0n) is 15.3. The van der Waals surface area contributed by atoms with Crippen molar-refractivity contribution in [3.8, 4) is 0 Å². The van der Waals surface area contributed by atoms with Gasteiger partial charge in [0, 0.05) is 24.1 Å². The highest BCUT2D eigenvalue weighted by Crippen LogP contribution is 2.22. The van der Waals surface area contributed by atoms with Gasteiger partial charge in [-0.1, -0.05) is 29.0 Å². The molecule has 0 atom stereocenters. The minimum absolute atomic E-state index is 0.268. The van der Waals surface area contributed by atoms with Crippen LogP contribution in [-0.4, -0.2) is 37.2 Å². The summed E-state index contributed by atoms with van der Waals surface area (Å²) in [5, 5.41) is 0. The van der Waals surface area contributed by atoms with Gasteiger partial charge in [0.25, 0.3) is 5.91 Å². The van der Waals surface area contributed by atoms with E-state index in [-0.39, 0.29) is 10.8 Å². The first-order chi connectivity index (χ1) is 12.8. The fourth-order valence-corrected chi connectivity index (χ4v) is 4.80. The molecule has 1 aromatic heterocycles. The van der Waals surface area contributed by atoms with E-state index in [0.29, 0.717) is 16.9 Å². The maximum Gasteiger partial charge on any atom is 0.279 e. The second-order valence-electron chi connectivity index (χ2n) is 6.21. The first kappa shape index (κ1) is 19.9. The number of aromatic nitrogens is 1. The van der Waals surface area contributed by atoms with Gasteiger partial charge >= 0.3 is 0 Å². The standard InChI is InChI=1S/C19H20N2O3S3/c1-13-4-6-14(7-5-13)18(22)20-19-21(10-11-25-2)16-9-8-15(27(3,23)24)12-17(16)26-19/h4-9,12H,10-11H2,1-3H3. The number of carbonyl (C=O) groups is 1. The molecule has 0 aliphatic rings. The molecule has 2 aromatic carbocycles. The van der Waals surface area contributed by atoms with E-state index in [2.05, 4.69) is 4.99 Å². The Bertz CT molecular complexity index is 1160. The van der Waals surface area contributed by atoms with E-state index in [0.717, 1.165) is 21.5 Å². The molecule has 5 nitrogen and oxygen atoms in total. The molecule has 0 unspecified atom stereocenters. The van der Waals surface area contributed by atoms with Crippen LogP contribution in [0.5, 0.6) is 0 Å². The number of benzene rings is 2. The van der Waals surface area contributed by atoms with Crippen LogP contribution in [0.4, 0.5) is 0 Å². The molecule has 0 N–H and O–H groups in total. The van der Waals surface area contributed by atoms with Crippen LogP contribution in [0, 0.1) is 6.92 Å². The van der Waals surface area contributed by atoms with E-state index >= 15 is 0 Å². The largest absolute Gasteiger partial charge is 0.316 e. The smallest absolute Gasteiger partial charge is 0.279 e. The number of thioether (sulfide) groups is 1. The Morgan fingerprint density at radius 1 is 1.19 bits per heavy atom. The van der Waals surface area contributed by atoms with E-state index in [1.165, 1.54) is 17.6 Å². The van der Waals surface area contributed by atoms with Crippen LogP contribution in [0.1, 0.15) is 15.9 Å². The van der Waals surface area contributed by atoms with Crippen molar-refractivity contribution in [2.75, 3.05) is 18.3 Å². The zero-order chi connectivity index (χ0) is 19.6. The minimum atomic E-state index is -3.29. The molecule has 8 heteroatoms. The maximum atomic E-state index is 12.6. The molecule has 1 amide bonds. The Labute approximate surface area is 166 Å².